The number of nitrogens with one attached hydrogen (secondary N) is 1. The van der Waals surface area contributed by atoms with Crippen LogP contribution in [-0.4, -0.2) is 57.7 Å². The summed E-state index contributed by atoms with van der Waals surface area (Å²) in [5, 5.41) is 2.91. The van der Waals surface area contributed by atoms with Gasteiger partial charge in [0, 0.05) is 32.6 Å². The number of amides is 1. The maximum Gasteiger partial charge on any atom is 0.225 e. The fraction of sp³-hybridized carbons (Fsp3) is 0.409. The van der Waals surface area contributed by atoms with E-state index in [0.29, 0.717) is 0 Å². The fourth-order valence-corrected chi connectivity index (χ4v) is 4.70. The van der Waals surface area contributed by atoms with Crippen LogP contribution in [0.4, 0.5) is 11.4 Å². The zero-order valence-electron chi connectivity index (χ0n) is 17.1. The standard InChI is InChI=1S/C22H29N3O3S/c1-3-24-13-15-25(16-14-24)21-7-5-4-6-20(21)23-22(26)12-17-29(27,28)19-10-8-18(2)9-11-19/h4-11H,3,12-17H2,1-2H3,(H,23,26). The number of rotatable bonds is 7. The smallest absolute Gasteiger partial charge is 0.225 e. The molecule has 0 spiro atoms. The number of hydrogen-bond donors (Lipinski definition) is 1. The zero-order valence-corrected chi connectivity index (χ0v) is 17.9. The Hall–Kier alpha value is -2.38. The third-order valence-electron chi connectivity index (χ3n) is 5.32. The van der Waals surface area contributed by atoms with Crippen LogP contribution in [0.1, 0.15) is 18.9 Å². The Morgan fingerprint density at radius 3 is 2.31 bits per heavy atom. The molecule has 0 saturated carbocycles. The highest BCUT2D eigenvalue weighted by Crippen LogP contribution is 2.27. The molecule has 1 aliphatic heterocycles. The Morgan fingerprint density at radius 1 is 1.00 bits per heavy atom. The Labute approximate surface area is 173 Å². The van der Waals surface area contributed by atoms with Crippen molar-refractivity contribution in [2.45, 2.75) is 25.2 Å². The molecule has 1 amide bonds. The highest BCUT2D eigenvalue weighted by atomic mass is 32.2. The number of hydrogen-bond acceptors (Lipinski definition) is 5. The zero-order chi connectivity index (χ0) is 20.9. The lowest BCUT2D eigenvalue weighted by atomic mass is 10.2. The van der Waals surface area contributed by atoms with Gasteiger partial charge < -0.3 is 15.1 Å². The molecule has 1 aliphatic rings. The summed E-state index contributed by atoms with van der Waals surface area (Å²) in [6.45, 7) is 8.91. The highest BCUT2D eigenvalue weighted by molar-refractivity contribution is 7.91. The quantitative estimate of drug-likeness (QED) is 0.753. The minimum absolute atomic E-state index is 0.0752. The van der Waals surface area contributed by atoms with Crippen molar-refractivity contribution in [2.75, 3.05) is 48.7 Å². The van der Waals surface area contributed by atoms with Crippen LogP contribution in [-0.2, 0) is 14.6 Å². The number of piperazine rings is 1. The Kier molecular flexibility index (Phi) is 6.92. The van der Waals surface area contributed by atoms with Crippen LogP contribution < -0.4 is 10.2 Å². The number of anilines is 2. The molecule has 1 saturated heterocycles. The molecule has 0 aliphatic carbocycles. The van der Waals surface area contributed by atoms with Gasteiger partial charge in [-0.1, -0.05) is 36.8 Å². The van der Waals surface area contributed by atoms with E-state index in [1.54, 1.807) is 24.3 Å². The second-order valence-corrected chi connectivity index (χ2v) is 9.48. The molecule has 0 bridgehead atoms. The van der Waals surface area contributed by atoms with E-state index in [1.807, 2.05) is 31.2 Å². The number of para-hydroxylation sites is 2. The molecule has 1 heterocycles. The summed E-state index contributed by atoms with van der Waals surface area (Å²) in [7, 11) is -3.48. The number of likely N-dealkylation sites (N-methyl/N-ethyl adjacent to an activating group) is 1. The van der Waals surface area contributed by atoms with Crippen molar-refractivity contribution in [1.29, 1.82) is 0 Å². The summed E-state index contributed by atoms with van der Waals surface area (Å²) in [5.41, 5.74) is 2.71. The monoisotopic (exact) mass is 415 g/mol. The Bertz CT molecular complexity index is 934. The van der Waals surface area contributed by atoms with Gasteiger partial charge in [0.2, 0.25) is 5.91 Å². The van der Waals surface area contributed by atoms with Crippen LogP contribution in [0.15, 0.2) is 53.4 Å². The Morgan fingerprint density at radius 2 is 1.66 bits per heavy atom. The van der Waals surface area contributed by atoms with Crippen LogP contribution in [0.25, 0.3) is 0 Å². The molecule has 2 aromatic rings. The summed E-state index contributed by atoms with van der Waals surface area (Å²) < 4.78 is 25.0. The van der Waals surface area contributed by atoms with Crippen molar-refractivity contribution < 1.29 is 13.2 Å². The van der Waals surface area contributed by atoms with Crippen molar-refractivity contribution in [3.05, 3.63) is 54.1 Å². The van der Waals surface area contributed by atoms with E-state index in [2.05, 4.69) is 22.0 Å². The Balaban J connectivity index is 1.62. The molecule has 2 aromatic carbocycles. The number of sulfone groups is 1. The predicted octanol–water partition coefficient (Wildman–Crippen LogP) is 2.94. The molecule has 1 N–H and O–H groups in total. The topological polar surface area (TPSA) is 69.7 Å². The van der Waals surface area contributed by atoms with Crippen LogP contribution in [0.5, 0.6) is 0 Å². The first-order chi connectivity index (χ1) is 13.9. The van der Waals surface area contributed by atoms with E-state index in [-0.39, 0.29) is 23.0 Å². The number of nitrogens with zero attached hydrogens (tertiary/aromatic N) is 2. The van der Waals surface area contributed by atoms with Crippen LogP contribution in [0, 0.1) is 6.92 Å². The molecular weight excluding hydrogens is 386 g/mol. The normalized spacial score (nSPS) is 15.3. The summed E-state index contributed by atoms with van der Waals surface area (Å²) in [4.78, 5) is 17.4. The number of aryl methyl sites for hydroxylation is 1. The SMILES string of the molecule is CCN1CCN(c2ccccc2NC(=O)CCS(=O)(=O)c2ccc(C)cc2)CC1. The van der Waals surface area contributed by atoms with Crippen molar-refractivity contribution in [1.82, 2.24) is 4.90 Å². The van der Waals surface area contributed by atoms with Crippen molar-refractivity contribution in [3.8, 4) is 0 Å². The molecule has 156 valence electrons. The van der Waals surface area contributed by atoms with Gasteiger partial charge in [-0.2, -0.15) is 0 Å². The lowest BCUT2D eigenvalue weighted by molar-refractivity contribution is -0.115. The summed E-state index contributed by atoms with van der Waals surface area (Å²) in [5.74, 6) is -0.500. The van der Waals surface area contributed by atoms with Gasteiger partial charge in [0.05, 0.1) is 22.0 Å². The second-order valence-electron chi connectivity index (χ2n) is 7.37. The first kappa shape index (κ1) is 21.3. The van der Waals surface area contributed by atoms with Crippen LogP contribution in [0.2, 0.25) is 0 Å². The van der Waals surface area contributed by atoms with Crippen LogP contribution >= 0.6 is 0 Å². The van der Waals surface area contributed by atoms with E-state index < -0.39 is 9.84 Å². The number of benzene rings is 2. The second kappa shape index (κ2) is 9.41. The van der Waals surface area contributed by atoms with Gasteiger partial charge in [-0.3, -0.25) is 4.79 Å². The van der Waals surface area contributed by atoms with Crippen molar-refractivity contribution in [3.63, 3.8) is 0 Å². The van der Waals surface area contributed by atoms with Gasteiger partial charge in [-0.05, 0) is 37.7 Å². The lowest BCUT2D eigenvalue weighted by Gasteiger charge is -2.36. The molecule has 29 heavy (non-hydrogen) atoms. The van der Waals surface area contributed by atoms with Crippen molar-refractivity contribution in [2.24, 2.45) is 0 Å². The number of carbonyl (C=O) groups is 1. The average Bonchev–Trinajstić information content (AvgIpc) is 2.73. The van der Waals surface area contributed by atoms with Gasteiger partial charge >= 0.3 is 0 Å². The van der Waals surface area contributed by atoms with Gasteiger partial charge in [0.25, 0.3) is 0 Å². The van der Waals surface area contributed by atoms with Crippen molar-refractivity contribution >= 4 is 27.1 Å². The summed E-state index contributed by atoms with van der Waals surface area (Å²) >= 11 is 0. The van der Waals surface area contributed by atoms with E-state index in [0.717, 1.165) is 49.7 Å². The van der Waals surface area contributed by atoms with E-state index in [4.69, 9.17) is 0 Å². The number of carbonyl (C=O) groups excluding carboxylic acids is 1. The molecule has 0 atom stereocenters. The largest absolute Gasteiger partial charge is 0.367 e. The van der Waals surface area contributed by atoms with Gasteiger partial charge in [-0.15, -0.1) is 0 Å². The fourth-order valence-electron chi connectivity index (χ4n) is 3.46. The highest BCUT2D eigenvalue weighted by Gasteiger charge is 2.20. The van der Waals surface area contributed by atoms with E-state index in [1.165, 1.54) is 0 Å². The lowest BCUT2D eigenvalue weighted by Crippen LogP contribution is -2.46. The minimum Gasteiger partial charge on any atom is -0.367 e. The summed E-state index contributed by atoms with van der Waals surface area (Å²) in [6, 6.07) is 14.4. The molecule has 7 heteroatoms. The van der Waals surface area contributed by atoms with Gasteiger partial charge in [0.15, 0.2) is 9.84 Å². The molecule has 0 unspecified atom stereocenters. The first-order valence-electron chi connectivity index (χ1n) is 10.0. The average molecular weight is 416 g/mol. The molecular formula is C22H29N3O3S. The van der Waals surface area contributed by atoms with Gasteiger partial charge in [-0.25, -0.2) is 8.42 Å². The molecule has 0 radical (unpaired) electrons. The molecule has 3 rings (SSSR count). The van der Waals surface area contributed by atoms with Crippen LogP contribution in [0.3, 0.4) is 0 Å². The molecule has 1 fully saturated rings. The third kappa shape index (κ3) is 5.58. The maximum atomic E-state index is 12.5. The molecule has 6 nitrogen and oxygen atoms in total. The van der Waals surface area contributed by atoms with E-state index >= 15 is 0 Å². The predicted molar refractivity (Wildman–Crippen MR) is 117 cm³/mol. The van der Waals surface area contributed by atoms with Gasteiger partial charge in [0.1, 0.15) is 0 Å². The molecule has 0 aromatic heterocycles. The minimum atomic E-state index is -3.48. The maximum absolute atomic E-state index is 12.5. The van der Waals surface area contributed by atoms with E-state index in [9.17, 15) is 13.2 Å². The summed E-state index contributed by atoms with van der Waals surface area (Å²) in [6.07, 6.45) is -0.0752. The third-order valence-corrected chi connectivity index (χ3v) is 7.05. The first-order valence-corrected chi connectivity index (χ1v) is 11.7.